The number of hydrogen-bond donors (Lipinski definition) is 0. The minimum atomic E-state index is 0.730. The second kappa shape index (κ2) is 5.58. The Bertz CT molecular complexity index is 612. The summed E-state index contributed by atoms with van der Waals surface area (Å²) in [6, 6.07) is 10.1. The number of aromatic nitrogens is 1. The molecule has 0 N–H and O–H groups in total. The van der Waals surface area contributed by atoms with Crippen molar-refractivity contribution in [2.24, 2.45) is 5.92 Å². The van der Waals surface area contributed by atoms with Gasteiger partial charge in [-0.25, -0.2) is 4.98 Å². The third-order valence-electron chi connectivity index (χ3n) is 3.89. The lowest BCUT2D eigenvalue weighted by Gasteiger charge is -2.19. The number of rotatable bonds is 3. The van der Waals surface area contributed by atoms with E-state index in [1.54, 1.807) is 0 Å². The minimum absolute atomic E-state index is 0.730. The predicted octanol–water partition coefficient (Wildman–Crippen LogP) is 3.28. The zero-order valence-electron chi connectivity index (χ0n) is 12.0. The van der Waals surface area contributed by atoms with Gasteiger partial charge in [0.05, 0.1) is 10.5 Å². The third-order valence-corrected chi connectivity index (χ3v) is 4.19. The normalized spacial score (nSPS) is 19.2. The summed E-state index contributed by atoms with van der Waals surface area (Å²) >= 11 is 6.25. The summed E-state index contributed by atoms with van der Waals surface area (Å²) < 4.78 is 0. The number of halogens is 1. The van der Waals surface area contributed by atoms with Crippen LogP contribution in [-0.2, 0) is 0 Å². The first kappa shape index (κ1) is 13.7. The van der Waals surface area contributed by atoms with E-state index in [9.17, 15) is 0 Å². The highest BCUT2D eigenvalue weighted by molar-refractivity contribution is 6.35. The number of hydrogen-bond acceptors (Lipinski definition) is 3. The highest BCUT2D eigenvalue weighted by Crippen LogP contribution is 2.27. The maximum absolute atomic E-state index is 6.25. The number of para-hydroxylation sites is 1. The van der Waals surface area contributed by atoms with Gasteiger partial charge in [0.25, 0.3) is 0 Å². The van der Waals surface area contributed by atoms with E-state index in [-0.39, 0.29) is 0 Å². The van der Waals surface area contributed by atoms with Crippen LogP contribution in [0, 0.1) is 5.92 Å². The molecular formula is C16H20ClN3. The lowest BCUT2D eigenvalue weighted by Crippen LogP contribution is -2.26. The van der Waals surface area contributed by atoms with Crippen molar-refractivity contribution in [2.75, 3.05) is 38.6 Å². The van der Waals surface area contributed by atoms with Crippen LogP contribution in [0.2, 0.25) is 5.02 Å². The summed E-state index contributed by atoms with van der Waals surface area (Å²) in [7, 11) is 4.27. The van der Waals surface area contributed by atoms with Crippen LogP contribution in [0.15, 0.2) is 30.3 Å². The molecule has 2 heterocycles. The van der Waals surface area contributed by atoms with E-state index in [2.05, 4.69) is 42.1 Å². The first-order valence-corrected chi connectivity index (χ1v) is 7.46. The molecule has 3 nitrogen and oxygen atoms in total. The van der Waals surface area contributed by atoms with Crippen molar-refractivity contribution in [3.8, 4) is 0 Å². The van der Waals surface area contributed by atoms with Crippen LogP contribution in [0.3, 0.4) is 0 Å². The Labute approximate surface area is 125 Å². The van der Waals surface area contributed by atoms with Crippen molar-refractivity contribution in [2.45, 2.75) is 6.42 Å². The van der Waals surface area contributed by atoms with Gasteiger partial charge in [-0.1, -0.05) is 23.7 Å². The second-order valence-corrected chi connectivity index (χ2v) is 6.25. The van der Waals surface area contributed by atoms with Gasteiger partial charge in [-0.05, 0) is 44.6 Å². The minimum Gasteiger partial charge on any atom is -0.356 e. The Morgan fingerprint density at radius 2 is 2.15 bits per heavy atom. The topological polar surface area (TPSA) is 19.4 Å². The maximum atomic E-state index is 6.25. The van der Waals surface area contributed by atoms with Crippen LogP contribution in [0.1, 0.15) is 6.42 Å². The van der Waals surface area contributed by atoms with Gasteiger partial charge in [0, 0.05) is 25.0 Å². The Morgan fingerprint density at radius 3 is 2.95 bits per heavy atom. The van der Waals surface area contributed by atoms with E-state index in [0.717, 1.165) is 47.3 Å². The Morgan fingerprint density at radius 1 is 1.30 bits per heavy atom. The molecule has 1 aliphatic heterocycles. The summed E-state index contributed by atoms with van der Waals surface area (Å²) in [5.74, 6) is 1.78. The second-order valence-electron chi connectivity index (χ2n) is 5.84. The quantitative estimate of drug-likeness (QED) is 0.864. The SMILES string of the molecule is CN(C)CC1CCN(c2ccc3cccc(Cl)c3n2)C1. The van der Waals surface area contributed by atoms with Crippen molar-refractivity contribution in [3.05, 3.63) is 35.4 Å². The number of benzene rings is 1. The number of anilines is 1. The van der Waals surface area contributed by atoms with E-state index in [1.165, 1.54) is 6.42 Å². The molecule has 1 saturated heterocycles. The van der Waals surface area contributed by atoms with Crippen molar-refractivity contribution in [1.29, 1.82) is 0 Å². The largest absolute Gasteiger partial charge is 0.356 e. The molecule has 1 fully saturated rings. The molecule has 1 aliphatic rings. The monoisotopic (exact) mass is 289 g/mol. The fourth-order valence-corrected chi connectivity index (χ4v) is 3.21. The number of pyridine rings is 1. The Kier molecular flexibility index (Phi) is 3.81. The highest BCUT2D eigenvalue weighted by Gasteiger charge is 2.24. The van der Waals surface area contributed by atoms with Gasteiger partial charge < -0.3 is 9.80 Å². The van der Waals surface area contributed by atoms with E-state index in [0.29, 0.717) is 0 Å². The van der Waals surface area contributed by atoms with E-state index >= 15 is 0 Å². The van der Waals surface area contributed by atoms with Crippen LogP contribution in [0.5, 0.6) is 0 Å². The predicted molar refractivity (Wildman–Crippen MR) is 85.6 cm³/mol. The zero-order chi connectivity index (χ0) is 14.1. The van der Waals surface area contributed by atoms with E-state index in [4.69, 9.17) is 16.6 Å². The summed E-state index contributed by atoms with van der Waals surface area (Å²) in [6.45, 7) is 3.31. The van der Waals surface area contributed by atoms with Crippen molar-refractivity contribution >= 4 is 28.3 Å². The molecule has 1 aromatic carbocycles. The standard InChI is InChI=1S/C16H20ClN3/c1-19(2)10-12-8-9-20(11-12)15-7-6-13-4-3-5-14(17)16(13)18-15/h3-7,12H,8-11H2,1-2H3. The fraction of sp³-hybridized carbons (Fsp3) is 0.438. The molecule has 1 unspecified atom stereocenters. The maximum Gasteiger partial charge on any atom is 0.129 e. The average Bonchev–Trinajstić information content (AvgIpc) is 2.86. The molecule has 20 heavy (non-hydrogen) atoms. The first-order valence-electron chi connectivity index (χ1n) is 7.08. The summed E-state index contributed by atoms with van der Waals surface area (Å²) in [6.07, 6.45) is 1.24. The molecule has 1 atom stereocenters. The lowest BCUT2D eigenvalue weighted by molar-refractivity contribution is 0.340. The average molecular weight is 290 g/mol. The third kappa shape index (κ3) is 2.74. The molecule has 106 valence electrons. The van der Waals surface area contributed by atoms with Gasteiger partial charge in [0.1, 0.15) is 5.82 Å². The molecular weight excluding hydrogens is 270 g/mol. The zero-order valence-corrected chi connectivity index (χ0v) is 12.8. The molecule has 3 rings (SSSR count). The molecule has 1 aromatic heterocycles. The van der Waals surface area contributed by atoms with E-state index in [1.807, 2.05) is 12.1 Å². The smallest absolute Gasteiger partial charge is 0.129 e. The van der Waals surface area contributed by atoms with Crippen LogP contribution >= 0.6 is 11.6 Å². The molecule has 0 radical (unpaired) electrons. The molecule has 0 aliphatic carbocycles. The molecule has 0 saturated carbocycles. The van der Waals surface area contributed by atoms with Gasteiger partial charge >= 0.3 is 0 Å². The Hall–Kier alpha value is -1.32. The van der Waals surface area contributed by atoms with E-state index < -0.39 is 0 Å². The summed E-state index contributed by atoms with van der Waals surface area (Å²) in [4.78, 5) is 9.39. The fourth-order valence-electron chi connectivity index (χ4n) is 2.98. The van der Waals surface area contributed by atoms with Crippen LogP contribution in [0.25, 0.3) is 10.9 Å². The molecule has 0 bridgehead atoms. The van der Waals surface area contributed by atoms with Gasteiger partial charge in [-0.2, -0.15) is 0 Å². The van der Waals surface area contributed by atoms with Crippen LogP contribution < -0.4 is 4.90 Å². The Balaban J connectivity index is 1.83. The van der Waals surface area contributed by atoms with Gasteiger partial charge in [0.2, 0.25) is 0 Å². The first-order chi connectivity index (χ1) is 9.63. The molecule has 0 amide bonds. The van der Waals surface area contributed by atoms with Crippen molar-refractivity contribution < 1.29 is 0 Å². The number of fused-ring (bicyclic) bond motifs is 1. The van der Waals surface area contributed by atoms with Crippen LogP contribution in [0.4, 0.5) is 5.82 Å². The molecule has 2 aromatic rings. The van der Waals surface area contributed by atoms with Gasteiger partial charge in [-0.3, -0.25) is 0 Å². The molecule has 4 heteroatoms. The van der Waals surface area contributed by atoms with Gasteiger partial charge in [-0.15, -0.1) is 0 Å². The molecule has 0 spiro atoms. The number of nitrogens with zero attached hydrogens (tertiary/aromatic N) is 3. The van der Waals surface area contributed by atoms with Gasteiger partial charge in [0.15, 0.2) is 0 Å². The van der Waals surface area contributed by atoms with Crippen LogP contribution in [-0.4, -0.2) is 43.6 Å². The highest BCUT2D eigenvalue weighted by atomic mass is 35.5. The summed E-state index contributed by atoms with van der Waals surface area (Å²) in [5.41, 5.74) is 0.905. The van der Waals surface area contributed by atoms with Crippen molar-refractivity contribution in [3.63, 3.8) is 0 Å². The summed E-state index contributed by atoms with van der Waals surface area (Å²) in [5, 5.41) is 1.83. The van der Waals surface area contributed by atoms with Crippen molar-refractivity contribution in [1.82, 2.24) is 9.88 Å². The lowest BCUT2D eigenvalue weighted by atomic mass is 10.1.